The highest BCUT2D eigenvalue weighted by molar-refractivity contribution is 5.63. The van der Waals surface area contributed by atoms with Crippen LogP contribution in [0, 0.1) is 13.8 Å². The van der Waals surface area contributed by atoms with Gasteiger partial charge >= 0.3 is 12.3 Å². The van der Waals surface area contributed by atoms with Crippen LogP contribution in [0.2, 0.25) is 0 Å². The quantitative estimate of drug-likeness (QED) is 0.511. The van der Waals surface area contributed by atoms with E-state index in [1.807, 2.05) is 26.0 Å². The number of para-hydroxylation sites is 1. The van der Waals surface area contributed by atoms with Crippen LogP contribution in [0.1, 0.15) is 42.0 Å². The third-order valence-electron chi connectivity index (χ3n) is 4.94. The van der Waals surface area contributed by atoms with E-state index < -0.39 is 18.2 Å². The first kappa shape index (κ1) is 22.7. The van der Waals surface area contributed by atoms with Gasteiger partial charge < -0.3 is 29.7 Å². The maximum atomic E-state index is 11.4. The predicted molar refractivity (Wildman–Crippen MR) is 116 cm³/mol. The van der Waals surface area contributed by atoms with E-state index in [0.717, 1.165) is 16.7 Å². The number of hydrogen-bond acceptors (Lipinski definition) is 6. The smallest absolute Gasteiger partial charge is 0.489 e. The van der Waals surface area contributed by atoms with E-state index in [-0.39, 0.29) is 18.1 Å². The van der Waals surface area contributed by atoms with Crippen molar-refractivity contribution in [3.63, 3.8) is 0 Å². The molecule has 1 aliphatic heterocycles. The van der Waals surface area contributed by atoms with Crippen LogP contribution in [0.25, 0.3) is 0 Å². The van der Waals surface area contributed by atoms with Crippen LogP contribution in [0.4, 0.5) is 9.59 Å². The Morgan fingerprint density at radius 3 is 1.94 bits per heavy atom. The van der Waals surface area contributed by atoms with Crippen molar-refractivity contribution in [1.82, 2.24) is 5.32 Å². The number of carbonyl (C=O) groups is 2. The van der Waals surface area contributed by atoms with Gasteiger partial charge in [0.1, 0.15) is 29.8 Å². The molecule has 2 aromatic rings. The van der Waals surface area contributed by atoms with Gasteiger partial charge in [-0.2, -0.15) is 0 Å². The Morgan fingerprint density at radius 2 is 1.41 bits per heavy atom. The number of rotatable bonds is 6. The summed E-state index contributed by atoms with van der Waals surface area (Å²) in [6.07, 6.45) is -3.04. The van der Waals surface area contributed by atoms with E-state index in [1.165, 1.54) is 0 Å². The highest BCUT2D eigenvalue weighted by Crippen LogP contribution is 2.42. The molecule has 8 heteroatoms. The molecule has 0 spiro atoms. The Labute approximate surface area is 185 Å². The summed E-state index contributed by atoms with van der Waals surface area (Å²) in [4.78, 5) is 22.7. The van der Waals surface area contributed by atoms with Gasteiger partial charge in [0.2, 0.25) is 0 Å². The van der Waals surface area contributed by atoms with E-state index in [0.29, 0.717) is 22.7 Å². The van der Waals surface area contributed by atoms with Crippen LogP contribution < -0.4 is 10.1 Å². The lowest BCUT2D eigenvalue weighted by Crippen LogP contribution is -2.28. The molecule has 1 aliphatic rings. The molecular formula is C24H25NO7. The molecule has 2 aromatic carbocycles. The van der Waals surface area contributed by atoms with Crippen molar-refractivity contribution in [2.45, 2.75) is 40.2 Å². The minimum absolute atomic E-state index is 0.0156. The highest BCUT2D eigenvalue weighted by Gasteiger charge is 2.36. The molecule has 0 bridgehead atoms. The van der Waals surface area contributed by atoms with Gasteiger partial charge in [-0.1, -0.05) is 47.5 Å². The summed E-state index contributed by atoms with van der Waals surface area (Å²) in [5.74, 6) is -0.445. The largest absolute Gasteiger partial charge is 0.511 e. The predicted octanol–water partition coefficient (Wildman–Crippen LogP) is 5.42. The molecule has 0 amide bonds. The lowest BCUT2D eigenvalue weighted by molar-refractivity contribution is 0.0975. The molecule has 3 rings (SSSR count). The van der Waals surface area contributed by atoms with E-state index in [4.69, 9.17) is 14.2 Å². The third-order valence-corrected chi connectivity index (χ3v) is 4.94. The molecule has 1 heterocycles. The molecule has 0 unspecified atom stereocenters. The van der Waals surface area contributed by atoms with Crippen molar-refractivity contribution >= 4 is 12.3 Å². The first-order valence-corrected chi connectivity index (χ1v) is 9.94. The Kier molecular flexibility index (Phi) is 6.73. The second-order valence-corrected chi connectivity index (χ2v) is 7.59. The summed E-state index contributed by atoms with van der Waals surface area (Å²) in [7, 11) is 0. The van der Waals surface area contributed by atoms with Gasteiger partial charge in [-0.3, -0.25) is 0 Å². The SMILES string of the molecule is CC1=C(OC(=O)O)C(c2ccccc2OCc2cc(C)cc(C)c2)C(OC(=O)O)=C(C)N1. The van der Waals surface area contributed by atoms with E-state index in [9.17, 15) is 19.8 Å². The van der Waals surface area contributed by atoms with Gasteiger partial charge in [-0.15, -0.1) is 0 Å². The van der Waals surface area contributed by atoms with E-state index >= 15 is 0 Å². The number of benzene rings is 2. The van der Waals surface area contributed by atoms with Crippen LogP contribution in [-0.4, -0.2) is 22.5 Å². The van der Waals surface area contributed by atoms with Crippen molar-refractivity contribution in [1.29, 1.82) is 0 Å². The molecule has 0 atom stereocenters. The number of ether oxygens (including phenoxy) is 3. The maximum Gasteiger partial charge on any atom is 0.511 e. The zero-order chi connectivity index (χ0) is 23.4. The molecule has 0 aliphatic carbocycles. The Balaban J connectivity index is 2.04. The Hall–Kier alpha value is -3.94. The number of hydrogen-bond donors (Lipinski definition) is 3. The van der Waals surface area contributed by atoms with Crippen LogP contribution in [0.15, 0.2) is 65.4 Å². The first-order chi connectivity index (χ1) is 15.2. The van der Waals surface area contributed by atoms with Crippen molar-refractivity contribution < 1.29 is 34.0 Å². The lowest BCUT2D eigenvalue weighted by Gasteiger charge is -2.30. The van der Waals surface area contributed by atoms with Gasteiger partial charge in [-0.05, 0) is 39.3 Å². The molecule has 32 heavy (non-hydrogen) atoms. The molecule has 3 N–H and O–H groups in total. The summed E-state index contributed by atoms with van der Waals surface area (Å²) in [5.41, 5.74) is 4.58. The number of nitrogens with one attached hydrogen (secondary N) is 1. The topological polar surface area (TPSA) is 114 Å². The van der Waals surface area contributed by atoms with Gasteiger partial charge in [0.25, 0.3) is 0 Å². The van der Waals surface area contributed by atoms with Crippen molar-refractivity contribution in [3.8, 4) is 5.75 Å². The molecular weight excluding hydrogens is 414 g/mol. The fourth-order valence-corrected chi connectivity index (χ4v) is 3.86. The van der Waals surface area contributed by atoms with Crippen molar-refractivity contribution in [2.75, 3.05) is 0 Å². The second-order valence-electron chi connectivity index (χ2n) is 7.59. The third kappa shape index (κ3) is 5.21. The molecule has 0 saturated heterocycles. The van der Waals surface area contributed by atoms with Crippen LogP contribution in [0.5, 0.6) is 5.75 Å². The molecule has 0 aromatic heterocycles. The summed E-state index contributed by atoms with van der Waals surface area (Å²) in [6, 6.07) is 13.1. The number of dihydropyridines is 1. The minimum Gasteiger partial charge on any atom is -0.489 e. The molecule has 8 nitrogen and oxygen atoms in total. The van der Waals surface area contributed by atoms with Crippen molar-refractivity contribution in [3.05, 3.63) is 87.6 Å². The van der Waals surface area contributed by atoms with Gasteiger partial charge in [0.05, 0.1) is 11.4 Å². The normalized spacial score (nSPS) is 14.1. The molecule has 0 saturated carbocycles. The maximum absolute atomic E-state index is 11.4. The van der Waals surface area contributed by atoms with Crippen LogP contribution >= 0.6 is 0 Å². The Morgan fingerprint density at radius 1 is 0.875 bits per heavy atom. The summed E-state index contributed by atoms with van der Waals surface area (Å²) in [6.45, 7) is 7.58. The molecule has 0 fully saturated rings. The van der Waals surface area contributed by atoms with Gasteiger partial charge in [0, 0.05) is 5.56 Å². The first-order valence-electron chi connectivity index (χ1n) is 9.94. The summed E-state index contributed by atoms with van der Waals surface area (Å²) >= 11 is 0. The number of aryl methyl sites for hydroxylation is 2. The summed E-state index contributed by atoms with van der Waals surface area (Å²) in [5, 5.41) is 21.5. The molecule has 0 radical (unpaired) electrons. The zero-order valence-electron chi connectivity index (χ0n) is 18.3. The fourth-order valence-electron chi connectivity index (χ4n) is 3.86. The van der Waals surface area contributed by atoms with Crippen molar-refractivity contribution in [2.24, 2.45) is 0 Å². The summed E-state index contributed by atoms with van der Waals surface area (Å²) < 4.78 is 16.2. The second kappa shape index (κ2) is 9.47. The number of allylic oxidation sites excluding steroid dienone is 2. The minimum atomic E-state index is -1.52. The Bertz CT molecular complexity index is 1060. The van der Waals surface area contributed by atoms with Crippen LogP contribution in [-0.2, 0) is 16.1 Å². The molecule has 168 valence electrons. The number of carboxylic acid groups (broad SMARTS) is 2. The monoisotopic (exact) mass is 439 g/mol. The van der Waals surface area contributed by atoms with E-state index in [1.54, 1.807) is 38.1 Å². The average Bonchev–Trinajstić information content (AvgIpc) is 2.69. The fraction of sp³-hybridized carbons (Fsp3) is 0.250. The van der Waals surface area contributed by atoms with Crippen LogP contribution in [0.3, 0.4) is 0 Å². The zero-order valence-corrected chi connectivity index (χ0v) is 18.3. The average molecular weight is 439 g/mol. The van der Waals surface area contributed by atoms with E-state index in [2.05, 4.69) is 11.4 Å². The lowest BCUT2D eigenvalue weighted by atomic mass is 9.90. The van der Waals surface area contributed by atoms with Gasteiger partial charge in [-0.25, -0.2) is 9.59 Å². The standard InChI is InChI=1S/C24H25NO7/c1-13-9-14(2)11-17(10-13)12-30-19-8-6-5-7-18(19)20-21(31-23(26)27)15(3)25-16(4)22(20)32-24(28)29/h5-11,20,25H,12H2,1-4H3,(H,26,27)(H,28,29). The van der Waals surface area contributed by atoms with Gasteiger partial charge in [0.15, 0.2) is 0 Å². The highest BCUT2D eigenvalue weighted by atomic mass is 16.7.